The van der Waals surface area contributed by atoms with E-state index in [2.05, 4.69) is 4.72 Å². The van der Waals surface area contributed by atoms with Crippen molar-refractivity contribution in [2.75, 3.05) is 17.9 Å². The zero-order valence-electron chi connectivity index (χ0n) is 16.7. The quantitative estimate of drug-likeness (QED) is 0.522. The Labute approximate surface area is 186 Å². The van der Waals surface area contributed by atoms with Crippen LogP contribution in [0.5, 0.6) is 0 Å². The number of nitrogens with one attached hydrogen (secondary N) is 1. The molecule has 2 N–H and O–H groups in total. The van der Waals surface area contributed by atoms with Crippen molar-refractivity contribution >= 4 is 29.2 Å². The number of anilines is 1. The molecule has 1 aliphatic rings. The Kier molecular flexibility index (Phi) is 6.38. The highest BCUT2D eigenvalue weighted by Gasteiger charge is 2.15. The van der Waals surface area contributed by atoms with Crippen LogP contribution >= 0.6 is 11.9 Å². The summed E-state index contributed by atoms with van der Waals surface area (Å²) in [6.45, 7) is 1.19. The van der Waals surface area contributed by atoms with Gasteiger partial charge in [-0.25, -0.2) is 13.6 Å². The molecule has 4 rings (SSSR count). The largest absolute Gasteiger partial charge is 0.478 e. The SMILES string of the molecule is O=C(O)c1cc(F)c(NSc2ccc(-n3ccc(C4=CCOCC4)cc3=O)cc2)cc1F. The van der Waals surface area contributed by atoms with Crippen molar-refractivity contribution in [1.82, 2.24) is 4.57 Å². The molecule has 0 spiro atoms. The zero-order chi connectivity index (χ0) is 22.7. The zero-order valence-corrected chi connectivity index (χ0v) is 17.5. The number of ether oxygens (including phenoxy) is 1. The Hall–Kier alpha value is -3.43. The van der Waals surface area contributed by atoms with Gasteiger partial charge >= 0.3 is 5.97 Å². The number of carboxylic acid groups (broad SMARTS) is 1. The first-order valence-electron chi connectivity index (χ1n) is 9.68. The van der Waals surface area contributed by atoms with Crippen molar-refractivity contribution in [2.24, 2.45) is 0 Å². The molecule has 0 amide bonds. The van der Waals surface area contributed by atoms with Gasteiger partial charge in [-0.2, -0.15) is 0 Å². The minimum Gasteiger partial charge on any atom is -0.478 e. The Balaban J connectivity index is 1.47. The van der Waals surface area contributed by atoms with Crippen LogP contribution in [0.4, 0.5) is 14.5 Å². The number of nitrogens with zero attached hydrogens (tertiary/aromatic N) is 1. The maximum atomic E-state index is 14.0. The van der Waals surface area contributed by atoms with Gasteiger partial charge in [0.1, 0.15) is 11.6 Å². The number of benzene rings is 2. The molecule has 0 unspecified atom stereocenters. The van der Waals surface area contributed by atoms with Crippen LogP contribution in [0.3, 0.4) is 0 Å². The molecule has 0 saturated carbocycles. The second-order valence-electron chi connectivity index (χ2n) is 6.99. The summed E-state index contributed by atoms with van der Waals surface area (Å²) in [5.74, 6) is -3.44. The summed E-state index contributed by atoms with van der Waals surface area (Å²) in [6.07, 6.45) is 4.47. The van der Waals surface area contributed by atoms with E-state index in [1.165, 1.54) is 4.57 Å². The van der Waals surface area contributed by atoms with Gasteiger partial charge < -0.3 is 14.6 Å². The van der Waals surface area contributed by atoms with Crippen LogP contribution in [-0.4, -0.2) is 28.9 Å². The first-order valence-corrected chi connectivity index (χ1v) is 10.5. The number of aromatic nitrogens is 1. The van der Waals surface area contributed by atoms with Gasteiger partial charge in [0.05, 0.1) is 24.5 Å². The van der Waals surface area contributed by atoms with Gasteiger partial charge in [0, 0.05) is 28.9 Å². The van der Waals surface area contributed by atoms with E-state index in [0.717, 1.165) is 35.6 Å². The lowest BCUT2D eigenvalue weighted by Crippen LogP contribution is -2.17. The molecular formula is C23H18F2N2O4S. The number of rotatable bonds is 6. The molecule has 0 atom stereocenters. The molecule has 0 fully saturated rings. The number of hydrogen-bond donors (Lipinski definition) is 2. The van der Waals surface area contributed by atoms with E-state index in [9.17, 15) is 18.4 Å². The van der Waals surface area contributed by atoms with Crippen molar-refractivity contribution in [3.05, 3.63) is 93.9 Å². The number of pyridine rings is 1. The summed E-state index contributed by atoms with van der Waals surface area (Å²) in [6, 6.07) is 11.9. The normalized spacial score (nSPS) is 13.5. The minimum absolute atomic E-state index is 0.163. The molecule has 1 aliphatic heterocycles. The molecule has 9 heteroatoms. The molecule has 3 aromatic rings. The molecule has 0 saturated heterocycles. The van der Waals surface area contributed by atoms with E-state index in [4.69, 9.17) is 9.84 Å². The van der Waals surface area contributed by atoms with Gasteiger partial charge in [0.2, 0.25) is 0 Å². The van der Waals surface area contributed by atoms with Crippen molar-refractivity contribution in [3.63, 3.8) is 0 Å². The lowest BCUT2D eigenvalue weighted by Gasteiger charge is -2.14. The molecule has 164 valence electrons. The molecule has 32 heavy (non-hydrogen) atoms. The second-order valence-corrected chi connectivity index (χ2v) is 7.87. The summed E-state index contributed by atoms with van der Waals surface area (Å²) in [5.41, 5.74) is 1.58. The van der Waals surface area contributed by atoms with Crippen LogP contribution in [0.2, 0.25) is 0 Å². The van der Waals surface area contributed by atoms with Crippen LogP contribution in [-0.2, 0) is 4.74 Å². The van der Waals surface area contributed by atoms with Gasteiger partial charge in [0.25, 0.3) is 5.56 Å². The lowest BCUT2D eigenvalue weighted by atomic mass is 10.0. The van der Waals surface area contributed by atoms with Gasteiger partial charge in [-0.15, -0.1) is 0 Å². The third-order valence-corrected chi connectivity index (χ3v) is 5.76. The van der Waals surface area contributed by atoms with Crippen LogP contribution in [0, 0.1) is 11.6 Å². The average Bonchev–Trinajstić information content (AvgIpc) is 2.80. The van der Waals surface area contributed by atoms with Gasteiger partial charge in [-0.05, 0) is 65.9 Å². The molecule has 2 heterocycles. The van der Waals surface area contributed by atoms with Crippen molar-refractivity contribution in [3.8, 4) is 5.69 Å². The van der Waals surface area contributed by atoms with Crippen LogP contribution in [0.1, 0.15) is 22.3 Å². The fourth-order valence-corrected chi connectivity index (χ4v) is 3.92. The molecular weight excluding hydrogens is 438 g/mol. The summed E-state index contributed by atoms with van der Waals surface area (Å²) in [4.78, 5) is 24.2. The van der Waals surface area contributed by atoms with E-state index in [-0.39, 0.29) is 11.2 Å². The van der Waals surface area contributed by atoms with Gasteiger partial charge in [0.15, 0.2) is 0 Å². The summed E-state index contributed by atoms with van der Waals surface area (Å²) < 4.78 is 37.3. The summed E-state index contributed by atoms with van der Waals surface area (Å²) >= 11 is 1.03. The fraction of sp³-hybridized carbons (Fsp3) is 0.130. The first-order chi connectivity index (χ1) is 15.4. The van der Waals surface area contributed by atoms with Gasteiger partial charge in [-0.3, -0.25) is 9.36 Å². The van der Waals surface area contributed by atoms with Gasteiger partial charge in [-0.1, -0.05) is 6.08 Å². The number of carbonyl (C=O) groups is 1. The second kappa shape index (κ2) is 9.37. The predicted octanol–water partition coefficient (Wildman–Crippen LogP) is 4.74. The third kappa shape index (κ3) is 4.74. The maximum Gasteiger partial charge on any atom is 0.338 e. The van der Waals surface area contributed by atoms with E-state index in [1.807, 2.05) is 12.1 Å². The van der Waals surface area contributed by atoms with Crippen molar-refractivity contribution in [2.45, 2.75) is 11.3 Å². The third-order valence-electron chi connectivity index (χ3n) is 4.93. The lowest BCUT2D eigenvalue weighted by molar-refractivity contribution is 0.0691. The molecule has 1 aromatic heterocycles. The maximum absolute atomic E-state index is 14.0. The monoisotopic (exact) mass is 456 g/mol. The molecule has 0 radical (unpaired) electrons. The van der Waals surface area contributed by atoms with E-state index in [1.54, 1.807) is 36.5 Å². The topological polar surface area (TPSA) is 80.6 Å². The van der Waals surface area contributed by atoms with Crippen LogP contribution in [0.15, 0.2) is 70.5 Å². The predicted molar refractivity (Wildman–Crippen MR) is 118 cm³/mol. The van der Waals surface area contributed by atoms with Crippen LogP contribution in [0.25, 0.3) is 11.3 Å². The molecule has 0 aliphatic carbocycles. The Morgan fingerprint density at radius 3 is 2.53 bits per heavy atom. The summed E-state index contributed by atoms with van der Waals surface area (Å²) in [5, 5.41) is 8.85. The summed E-state index contributed by atoms with van der Waals surface area (Å²) in [7, 11) is 0. The molecule has 6 nitrogen and oxygen atoms in total. The van der Waals surface area contributed by atoms with Crippen LogP contribution < -0.4 is 10.3 Å². The van der Waals surface area contributed by atoms with E-state index in [0.29, 0.717) is 29.9 Å². The van der Waals surface area contributed by atoms with E-state index < -0.39 is 23.2 Å². The molecule has 0 bridgehead atoms. The Bertz CT molecular complexity index is 1260. The minimum atomic E-state index is -1.54. The van der Waals surface area contributed by atoms with Crippen molar-refractivity contribution < 1.29 is 23.4 Å². The number of hydrogen-bond acceptors (Lipinski definition) is 5. The smallest absolute Gasteiger partial charge is 0.338 e. The van der Waals surface area contributed by atoms with E-state index >= 15 is 0 Å². The fourth-order valence-electron chi connectivity index (χ4n) is 3.26. The Morgan fingerprint density at radius 1 is 1.09 bits per heavy atom. The number of carboxylic acids is 1. The highest BCUT2D eigenvalue weighted by atomic mass is 32.2. The highest BCUT2D eigenvalue weighted by molar-refractivity contribution is 8.00. The molecule has 2 aromatic carbocycles. The standard InChI is InChI=1S/C23H18F2N2O4S/c24-19-13-21(20(25)12-18(19)23(29)30)26-32-17-3-1-16(2-4-17)27-8-5-15(11-22(27)28)14-6-9-31-10-7-14/h1-6,8,11-13,26H,7,9-10H2,(H,29,30). The number of aromatic carboxylic acids is 1. The highest BCUT2D eigenvalue weighted by Crippen LogP contribution is 2.26. The average molecular weight is 456 g/mol. The van der Waals surface area contributed by atoms with Crippen molar-refractivity contribution in [1.29, 1.82) is 0 Å². The first kappa shape index (κ1) is 21.8. The number of halogens is 2. The Morgan fingerprint density at radius 2 is 1.88 bits per heavy atom.